The van der Waals surface area contributed by atoms with Gasteiger partial charge in [-0.3, -0.25) is 33.6 Å². The molecule has 41 heavy (non-hydrogen) atoms. The van der Waals surface area contributed by atoms with Crippen molar-refractivity contribution in [2.75, 3.05) is 40.8 Å². The molecule has 0 aliphatic carbocycles. The molecule has 0 saturated carbocycles. The lowest BCUT2D eigenvalue weighted by Crippen LogP contribution is -2.43. The average molecular weight is 582 g/mol. The predicted octanol–water partition coefficient (Wildman–Crippen LogP) is 1.55. The zero-order valence-corrected chi connectivity index (χ0v) is 25.2. The van der Waals surface area contributed by atoms with Crippen molar-refractivity contribution in [1.29, 1.82) is 0 Å². The number of amides is 5. The van der Waals surface area contributed by atoms with Crippen LogP contribution in [0.3, 0.4) is 0 Å². The molecule has 0 rings (SSSR count). The first-order chi connectivity index (χ1) is 19.6. The molecular formula is C29H51N5O7. The molecule has 0 radical (unpaired) electrons. The molecule has 0 saturated heterocycles. The summed E-state index contributed by atoms with van der Waals surface area (Å²) >= 11 is 0. The van der Waals surface area contributed by atoms with E-state index in [1.165, 1.54) is 4.90 Å². The van der Waals surface area contributed by atoms with Crippen LogP contribution in [-0.2, 0) is 33.6 Å². The van der Waals surface area contributed by atoms with Gasteiger partial charge in [0.15, 0.2) is 5.78 Å². The van der Waals surface area contributed by atoms with E-state index in [9.17, 15) is 33.6 Å². The van der Waals surface area contributed by atoms with Crippen LogP contribution in [0.15, 0.2) is 0 Å². The summed E-state index contributed by atoms with van der Waals surface area (Å²) < 4.78 is 0. The summed E-state index contributed by atoms with van der Waals surface area (Å²) in [6, 6.07) is 0. The largest absolute Gasteiger partial charge is 0.359 e. The molecule has 0 aromatic rings. The molecule has 0 aliphatic rings. The van der Waals surface area contributed by atoms with Crippen molar-refractivity contribution in [1.82, 2.24) is 26.2 Å². The van der Waals surface area contributed by atoms with Crippen molar-refractivity contribution in [3.63, 3.8) is 0 Å². The van der Waals surface area contributed by atoms with Crippen LogP contribution in [0.5, 0.6) is 0 Å². The Morgan fingerprint density at radius 3 is 1.41 bits per heavy atom. The van der Waals surface area contributed by atoms with Gasteiger partial charge in [0.1, 0.15) is 5.78 Å². The zero-order chi connectivity index (χ0) is 30.9. The van der Waals surface area contributed by atoms with E-state index in [1.807, 2.05) is 0 Å². The number of carbonyl (C=O) groups excluding carboxylic acids is 7. The quantitative estimate of drug-likeness (QED) is 0.118. The van der Waals surface area contributed by atoms with Gasteiger partial charge in [-0.2, -0.15) is 0 Å². The topological polar surface area (TPSA) is 171 Å². The summed E-state index contributed by atoms with van der Waals surface area (Å²) in [4.78, 5) is 85.3. The average Bonchev–Trinajstić information content (AvgIpc) is 2.96. The van der Waals surface area contributed by atoms with E-state index in [-0.39, 0.29) is 74.0 Å². The maximum absolute atomic E-state index is 12.9. The van der Waals surface area contributed by atoms with Crippen LogP contribution in [-0.4, -0.2) is 86.8 Å². The van der Waals surface area contributed by atoms with Gasteiger partial charge in [-0.15, -0.1) is 0 Å². The van der Waals surface area contributed by atoms with Crippen LogP contribution in [0, 0.1) is 0 Å². The molecule has 0 fully saturated rings. The maximum Gasteiger partial charge on any atom is 0.239 e. The van der Waals surface area contributed by atoms with Crippen LogP contribution < -0.4 is 21.3 Å². The first-order valence-corrected chi connectivity index (χ1v) is 14.8. The summed E-state index contributed by atoms with van der Waals surface area (Å²) in [7, 11) is 4.74. The van der Waals surface area contributed by atoms with Crippen molar-refractivity contribution in [2.24, 2.45) is 0 Å². The smallest absolute Gasteiger partial charge is 0.239 e. The van der Waals surface area contributed by atoms with E-state index in [1.54, 1.807) is 21.1 Å². The van der Waals surface area contributed by atoms with Gasteiger partial charge in [0.05, 0.1) is 13.1 Å². The molecule has 12 heteroatoms. The van der Waals surface area contributed by atoms with Crippen LogP contribution in [0.1, 0.15) is 103 Å². The molecule has 4 N–H and O–H groups in total. The van der Waals surface area contributed by atoms with Crippen LogP contribution >= 0.6 is 0 Å². The van der Waals surface area contributed by atoms with Gasteiger partial charge < -0.3 is 26.2 Å². The minimum Gasteiger partial charge on any atom is -0.359 e. The SMILES string of the molecule is CNC(=O)CCCCCCC(=O)CN(CC(=O)NCCCCCC(=O)NC)C(=O)CCC(=O)CCCCC(=O)NC. The predicted molar refractivity (Wildman–Crippen MR) is 156 cm³/mol. The molecule has 0 aliphatic heterocycles. The Morgan fingerprint density at radius 2 is 0.878 bits per heavy atom. The third-order valence-electron chi connectivity index (χ3n) is 6.63. The number of nitrogens with one attached hydrogen (secondary N) is 4. The van der Waals surface area contributed by atoms with Gasteiger partial charge in [-0.05, 0) is 38.5 Å². The fourth-order valence-corrected chi connectivity index (χ4v) is 4.04. The van der Waals surface area contributed by atoms with Crippen molar-refractivity contribution in [3.8, 4) is 0 Å². The summed E-state index contributed by atoms with van der Waals surface area (Å²) in [5, 5.41) is 10.4. The Balaban J connectivity index is 4.69. The van der Waals surface area contributed by atoms with Crippen molar-refractivity contribution >= 4 is 41.1 Å². The Kier molecular flexibility index (Phi) is 22.5. The molecular weight excluding hydrogens is 530 g/mol. The second-order valence-corrected chi connectivity index (χ2v) is 10.1. The number of ketones is 2. The third kappa shape index (κ3) is 22.1. The first kappa shape index (κ1) is 37.7. The van der Waals surface area contributed by atoms with E-state index < -0.39 is 5.91 Å². The fraction of sp³-hybridized carbons (Fsp3) is 0.759. The maximum atomic E-state index is 12.9. The standard InChI is InChI=1S/C29H51N5O7/c1-30-25(37)15-8-5-4-7-14-24(36)21-34(22-28(40)33-20-12-6-9-16-26(38)31-2)29(41)19-18-23(35)13-10-11-17-27(39)32-3/h4-22H2,1-3H3,(H,30,37)(H,31,38)(H,32,39)(H,33,40). The van der Waals surface area contributed by atoms with Gasteiger partial charge in [0, 0.05) is 72.6 Å². The highest BCUT2D eigenvalue weighted by Crippen LogP contribution is 2.09. The van der Waals surface area contributed by atoms with Crippen LogP contribution in [0.4, 0.5) is 0 Å². The van der Waals surface area contributed by atoms with Crippen LogP contribution in [0.2, 0.25) is 0 Å². The number of Topliss-reactive ketones (excluding diaryl/α,β-unsaturated/α-hetero) is 2. The van der Waals surface area contributed by atoms with E-state index in [0.29, 0.717) is 57.9 Å². The Hall–Kier alpha value is -3.31. The summed E-state index contributed by atoms with van der Waals surface area (Å²) in [5.41, 5.74) is 0. The molecule has 0 aromatic carbocycles. The van der Waals surface area contributed by atoms with E-state index in [4.69, 9.17) is 0 Å². The Morgan fingerprint density at radius 1 is 0.439 bits per heavy atom. The highest BCUT2D eigenvalue weighted by atomic mass is 16.2. The van der Waals surface area contributed by atoms with Crippen molar-refractivity contribution in [2.45, 2.75) is 103 Å². The fourth-order valence-electron chi connectivity index (χ4n) is 4.04. The first-order valence-electron chi connectivity index (χ1n) is 14.8. The molecule has 0 bridgehead atoms. The molecule has 5 amide bonds. The van der Waals surface area contributed by atoms with Crippen molar-refractivity contribution < 1.29 is 33.6 Å². The van der Waals surface area contributed by atoms with E-state index >= 15 is 0 Å². The summed E-state index contributed by atoms with van der Waals surface area (Å²) in [6.07, 6.45) is 7.94. The minimum absolute atomic E-state index is 0.0141. The number of hydrogen-bond donors (Lipinski definition) is 4. The lowest BCUT2D eigenvalue weighted by atomic mass is 10.1. The molecule has 0 aromatic heterocycles. The highest BCUT2D eigenvalue weighted by molar-refractivity contribution is 5.91. The highest BCUT2D eigenvalue weighted by Gasteiger charge is 2.21. The second-order valence-electron chi connectivity index (χ2n) is 10.1. The molecule has 0 atom stereocenters. The van der Waals surface area contributed by atoms with Gasteiger partial charge in [-0.25, -0.2) is 0 Å². The monoisotopic (exact) mass is 581 g/mol. The van der Waals surface area contributed by atoms with E-state index in [2.05, 4.69) is 21.3 Å². The van der Waals surface area contributed by atoms with Gasteiger partial charge >= 0.3 is 0 Å². The van der Waals surface area contributed by atoms with Gasteiger partial charge in [0.2, 0.25) is 29.5 Å². The normalized spacial score (nSPS) is 10.4. The Bertz CT molecular complexity index is 805. The minimum atomic E-state index is -0.427. The number of unbranched alkanes of at least 4 members (excludes halogenated alkanes) is 6. The molecule has 12 nitrogen and oxygen atoms in total. The lowest BCUT2D eigenvalue weighted by molar-refractivity contribution is -0.139. The van der Waals surface area contributed by atoms with Crippen molar-refractivity contribution in [3.05, 3.63) is 0 Å². The molecule has 234 valence electrons. The number of rotatable bonds is 25. The number of nitrogens with zero attached hydrogens (tertiary/aromatic N) is 1. The second kappa shape index (κ2) is 24.5. The van der Waals surface area contributed by atoms with Gasteiger partial charge in [-0.1, -0.05) is 19.3 Å². The van der Waals surface area contributed by atoms with E-state index in [0.717, 1.165) is 25.7 Å². The summed E-state index contributed by atoms with van der Waals surface area (Å²) in [6.45, 7) is -0.0701. The molecule has 0 unspecified atom stereocenters. The Labute approximate surface area is 244 Å². The number of hydrogen-bond acceptors (Lipinski definition) is 7. The number of carbonyl (C=O) groups is 7. The molecule has 0 spiro atoms. The zero-order valence-electron chi connectivity index (χ0n) is 25.2. The molecule has 0 heterocycles. The van der Waals surface area contributed by atoms with Gasteiger partial charge in [0.25, 0.3) is 0 Å². The third-order valence-corrected chi connectivity index (χ3v) is 6.63. The lowest BCUT2D eigenvalue weighted by Gasteiger charge is -2.21. The van der Waals surface area contributed by atoms with Crippen LogP contribution in [0.25, 0.3) is 0 Å². The summed E-state index contributed by atoms with van der Waals surface area (Å²) in [5.74, 6) is -1.19.